The van der Waals surface area contributed by atoms with Crippen LogP contribution in [0, 0.1) is 5.41 Å². The van der Waals surface area contributed by atoms with Crippen molar-refractivity contribution in [2.45, 2.75) is 39.2 Å². The lowest BCUT2D eigenvalue weighted by Gasteiger charge is -2.27. The van der Waals surface area contributed by atoms with Crippen molar-refractivity contribution in [1.82, 2.24) is 15.0 Å². The molecular formula is C12H20ClN5. The van der Waals surface area contributed by atoms with Crippen LogP contribution in [0.15, 0.2) is 0 Å². The van der Waals surface area contributed by atoms with Crippen LogP contribution in [0.25, 0.3) is 0 Å². The van der Waals surface area contributed by atoms with Gasteiger partial charge in [-0.25, -0.2) is 0 Å². The van der Waals surface area contributed by atoms with Crippen molar-refractivity contribution in [1.29, 1.82) is 0 Å². The van der Waals surface area contributed by atoms with E-state index in [2.05, 4.69) is 34.1 Å². The van der Waals surface area contributed by atoms with Crippen molar-refractivity contribution in [2.75, 3.05) is 24.3 Å². The molecule has 1 fully saturated rings. The molecule has 0 saturated heterocycles. The molecule has 1 aliphatic rings. The quantitative estimate of drug-likeness (QED) is 0.914. The van der Waals surface area contributed by atoms with Crippen LogP contribution < -0.4 is 10.2 Å². The fourth-order valence-electron chi connectivity index (χ4n) is 2.35. The van der Waals surface area contributed by atoms with E-state index in [4.69, 9.17) is 11.6 Å². The first-order valence-corrected chi connectivity index (χ1v) is 6.62. The maximum Gasteiger partial charge on any atom is 0.230 e. The highest BCUT2D eigenvalue weighted by molar-refractivity contribution is 6.28. The van der Waals surface area contributed by atoms with E-state index in [0.29, 0.717) is 17.9 Å². The molecule has 0 bridgehead atoms. The maximum absolute atomic E-state index is 5.92. The van der Waals surface area contributed by atoms with E-state index in [-0.39, 0.29) is 10.7 Å². The molecule has 0 amide bonds. The first kappa shape index (κ1) is 13.3. The normalized spacial score (nSPS) is 21.9. The number of nitrogens with zero attached hydrogens (tertiary/aromatic N) is 4. The third-order valence-electron chi connectivity index (χ3n) is 3.56. The van der Waals surface area contributed by atoms with Crippen molar-refractivity contribution in [2.24, 2.45) is 5.41 Å². The van der Waals surface area contributed by atoms with Crippen LogP contribution >= 0.6 is 11.6 Å². The van der Waals surface area contributed by atoms with Crippen LogP contribution in [-0.4, -0.2) is 35.1 Å². The molecule has 0 spiro atoms. The second-order valence-electron chi connectivity index (χ2n) is 5.70. The van der Waals surface area contributed by atoms with Crippen molar-refractivity contribution in [3.63, 3.8) is 0 Å². The Bertz CT molecular complexity index is 432. The van der Waals surface area contributed by atoms with Crippen LogP contribution in [0.1, 0.15) is 33.1 Å². The minimum absolute atomic E-state index is 0.229. The number of aromatic nitrogens is 3. The van der Waals surface area contributed by atoms with Gasteiger partial charge in [0.2, 0.25) is 17.2 Å². The molecule has 5 nitrogen and oxygen atoms in total. The molecule has 18 heavy (non-hydrogen) atoms. The average molecular weight is 270 g/mol. The summed E-state index contributed by atoms with van der Waals surface area (Å²) in [6.07, 6.45) is 3.61. The number of hydrogen-bond donors (Lipinski definition) is 1. The maximum atomic E-state index is 5.92. The molecule has 0 aliphatic heterocycles. The van der Waals surface area contributed by atoms with Crippen LogP contribution in [0.3, 0.4) is 0 Å². The summed E-state index contributed by atoms with van der Waals surface area (Å²) in [4.78, 5) is 14.4. The highest BCUT2D eigenvalue weighted by Crippen LogP contribution is 2.38. The minimum atomic E-state index is 0.229. The largest absolute Gasteiger partial charge is 0.351 e. The summed E-state index contributed by atoms with van der Waals surface area (Å²) in [5.74, 6) is 1.15. The summed E-state index contributed by atoms with van der Waals surface area (Å²) in [6, 6.07) is 0.394. The van der Waals surface area contributed by atoms with Crippen molar-refractivity contribution >= 4 is 23.5 Å². The summed E-state index contributed by atoms with van der Waals surface area (Å²) < 4.78 is 0. The van der Waals surface area contributed by atoms with Crippen molar-refractivity contribution in [3.8, 4) is 0 Å². The van der Waals surface area contributed by atoms with Crippen LogP contribution in [-0.2, 0) is 0 Å². The molecular weight excluding hydrogens is 250 g/mol. The van der Waals surface area contributed by atoms with Gasteiger partial charge in [-0.05, 0) is 29.9 Å². The van der Waals surface area contributed by atoms with E-state index in [1.807, 2.05) is 19.0 Å². The molecule has 1 heterocycles. The Kier molecular flexibility index (Phi) is 3.61. The van der Waals surface area contributed by atoms with Gasteiger partial charge in [-0.1, -0.05) is 20.3 Å². The Labute approximate surface area is 113 Å². The predicted molar refractivity (Wildman–Crippen MR) is 74.2 cm³/mol. The monoisotopic (exact) mass is 269 g/mol. The van der Waals surface area contributed by atoms with Gasteiger partial charge in [-0.2, -0.15) is 15.0 Å². The minimum Gasteiger partial charge on any atom is -0.351 e. The van der Waals surface area contributed by atoms with Gasteiger partial charge in [0.1, 0.15) is 0 Å². The van der Waals surface area contributed by atoms with E-state index in [1.54, 1.807) is 0 Å². The fraction of sp³-hybridized carbons (Fsp3) is 0.750. The van der Waals surface area contributed by atoms with Crippen LogP contribution in [0.4, 0.5) is 11.9 Å². The van der Waals surface area contributed by atoms with Crippen LogP contribution in [0.2, 0.25) is 5.28 Å². The second kappa shape index (κ2) is 4.88. The van der Waals surface area contributed by atoms with Gasteiger partial charge in [-0.3, -0.25) is 0 Å². The third kappa shape index (κ3) is 2.83. The molecule has 0 aromatic carbocycles. The Hall–Kier alpha value is -1.10. The van der Waals surface area contributed by atoms with E-state index in [1.165, 1.54) is 12.8 Å². The molecule has 1 saturated carbocycles. The van der Waals surface area contributed by atoms with Gasteiger partial charge in [0.25, 0.3) is 0 Å². The number of nitrogens with one attached hydrogen (secondary N) is 1. The first-order valence-electron chi connectivity index (χ1n) is 6.24. The lowest BCUT2D eigenvalue weighted by Crippen LogP contribution is -2.32. The summed E-state index contributed by atoms with van der Waals surface area (Å²) in [6.45, 7) is 4.54. The highest BCUT2D eigenvalue weighted by Gasteiger charge is 2.34. The lowest BCUT2D eigenvalue weighted by atomic mass is 9.87. The molecule has 1 aromatic rings. The lowest BCUT2D eigenvalue weighted by molar-refractivity contribution is 0.348. The molecule has 6 heteroatoms. The molecule has 1 aromatic heterocycles. The standard InChI is InChI=1S/C12H20ClN5/c1-12(2)7-5-6-8(12)14-10-15-9(13)16-11(17-10)18(3)4/h8H,5-7H2,1-4H3,(H,14,15,16,17). The topological polar surface area (TPSA) is 53.9 Å². The first-order chi connectivity index (χ1) is 8.38. The second-order valence-corrected chi connectivity index (χ2v) is 6.04. The number of rotatable bonds is 3. The van der Waals surface area contributed by atoms with Gasteiger partial charge in [0.15, 0.2) is 0 Å². The zero-order valence-electron chi connectivity index (χ0n) is 11.4. The van der Waals surface area contributed by atoms with Crippen molar-refractivity contribution < 1.29 is 0 Å². The Morgan fingerprint density at radius 1 is 1.28 bits per heavy atom. The fourth-order valence-corrected chi connectivity index (χ4v) is 2.51. The molecule has 1 unspecified atom stereocenters. The number of hydrogen-bond acceptors (Lipinski definition) is 5. The molecule has 1 N–H and O–H groups in total. The Balaban J connectivity index is 2.19. The van der Waals surface area contributed by atoms with E-state index < -0.39 is 0 Å². The van der Waals surface area contributed by atoms with Crippen LogP contribution in [0.5, 0.6) is 0 Å². The third-order valence-corrected chi connectivity index (χ3v) is 3.73. The number of anilines is 2. The molecule has 1 atom stereocenters. The predicted octanol–water partition coefficient (Wildman–Crippen LogP) is 2.58. The zero-order chi connectivity index (χ0) is 13.3. The van der Waals surface area contributed by atoms with Gasteiger partial charge in [0.05, 0.1) is 0 Å². The van der Waals surface area contributed by atoms with Gasteiger partial charge in [0, 0.05) is 20.1 Å². The summed E-state index contributed by atoms with van der Waals surface area (Å²) in [7, 11) is 3.77. The summed E-state index contributed by atoms with van der Waals surface area (Å²) in [5, 5.41) is 3.62. The number of halogens is 1. The molecule has 0 radical (unpaired) electrons. The Morgan fingerprint density at radius 3 is 2.56 bits per heavy atom. The smallest absolute Gasteiger partial charge is 0.230 e. The Morgan fingerprint density at radius 2 is 2.00 bits per heavy atom. The highest BCUT2D eigenvalue weighted by atomic mass is 35.5. The van der Waals surface area contributed by atoms with Gasteiger partial charge >= 0.3 is 0 Å². The zero-order valence-corrected chi connectivity index (χ0v) is 12.1. The van der Waals surface area contributed by atoms with E-state index in [0.717, 1.165) is 6.42 Å². The molecule has 2 rings (SSSR count). The average Bonchev–Trinajstić information content (AvgIpc) is 2.57. The van der Waals surface area contributed by atoms with E-state index >= 15 is 0 Å². The summed E-state index contributed by atoms with van der Waals surface area (Å²) >= 11 is 5.92. The van der Waals surface area contributed by atoms with Gasteiger partial charge < -0.3 is 10.2 Å². The van der Waals surface area contributed by atoms with Gasteiger partial charge in [-0.15, -0.1) is 0 Å². The summed E-state index contributed by atoms with van der Waals surface area (Å²) in [5.41, 5.74) is 0.275. The van der Waals surface area contributed by atoms with E-state index in [9.17, 15) is 0 Å². The van der Waals surface area contributed by atoms with Crippen molar-refractivity contribution in [3.05, 3.63) is 5.28 Å². The SMILES string of the molecule is CN(C)c1nc(Cl)nc(NC2CCCC2(C)C)n1. The molecule has 1 aliphatic carbocycles. The molecule has 100 valence electrons.